The van der Waals surface area contributed by atoms with Gasteiger partial charge in [-0.3, -0.25) is 4.79 Å². The van der Waals surface area contributed by atoms with E-state index in [4.69, 9.17) is 10.5 Å². The second-order valence-electron chi connectivity index (χ2n) is 6.34. The first-order chi connectivity index (χ1) is 6.81. The normalized spacial score (nSPS) is 25.9. The molecule has 0 atom stereocenters. The second kappa shape index (κ2) is 2.97. The molecule has 2 saturated carbocycles. The van der Waals surface area contributed by atoms with E-state index in [2.05, 4.69) is 0 Å². The molecule has 0 aromatic rings. The van der Waals surface area contributed by atoms with Gasteiger partial charge in [0.1, 0.15) is 5.60 Å². The lowest BCUT2D eigenvalue weighted by Gasteiger charge is -2.46. The van der Waals surface area contributed by atoms with Gasteiger partial charge in [0.05, 0.1) is 5.41 Å². The molecule has 2 rings (SSSR count). The molecule has 0 heterocycles. The summed E-state index contributed by atoms with van der Waals surface area (Å²) in [5, 5.41) is 0. The highest BCUT2D eigenvalue weighted by molar-refractivity contribution is 5.79. The Morgan fingerprint density at radius 3 is 2.20 bits per heavy atom. The molecule has 0 aromatic heterocycles. The molecular formula is C12H21NO2. The summed E-state index contributed by atoms with van der Waals surface area (Å²) in [5.41, 5.74) is 5.46. The minimum atomic E-state index is -0.397. The Morgan fingerprint density at radius 1 is 1.33 bits per heavy atom. The van der Waals surface area contributed by atoms with E-state index in [1.54, 1.807) is 0 Å². The Hall–Kier alpha value is -0.570. The number of esters is 1. The topological polar surface area (TPSA) is 52.3 Å². The molecule has 3 heteroatoms. The fourth-order valence-electron chi connectivity index (χ4n) is 2.67. The van der Waals surface area contributed by atoms with Crippen LogP contribution in [0.25, 0.3) is 0 Å². The summed E-state index contributed by atoms with van der Waals surface area (Å²) >= 11 is 0. The van der Waals surface area contributed by atoms with Gasteiger partial charge >= 0.3 is 5.97 Å². The predicted octanol–water partition coefficient (Wildman–Crippen LogP) is 1.85. The van der Waals surface area contributed by atoms with E-state index in [1.807, 2.05) is 20.8 Å². The SMILES string of the molecule is CC(C)(C)OC(=O)C1(CN)CC2(CC2)C1. The fraction of sp³-hybridized carbons (Fsp3) is 0.917. The lowest BCUT2D eigenvalue weighted by Crippen LogP contribution is -2.52. The smallest absolute Gasteiger partial charge is 0.313 e. The van der Waals surface area contributed by atoms with Gasteiger partial charge in [-0.1, -0.05) is 0 Å². The molecule has 0 aromatic carbocycles. The number of hydrogen-bond acceptors (Lipinski definition) is 3. The molecule has 2 N–H and O–H groups in total. The first-order valence-corrected chi connectivity index (χ1v) is 5.75. The monoisotopic (exact) mass is 211 g/mol. The van der Waals surface area contributed by atoms with E-state index < -0.39 is 5.60 Å². The fourth-order valence-corrected chi connectivity index (χ4v) is 2.67. The zero-order valence-electron chi connectivity index (χ0n) is 9.93. The number of nitrogens with two attached hydrogens (primary N) is 1. The second-order valence-corrected chi connectivity index (χ2v) is 6.34. The van der Waals surface area contributed by atoms with Crippen molar-refractivity contribution in [2.45, 2.75) is 52.1 Å². The third kappa shape index (κ3) is 1.89. The van der Waals surface area contributed by atoms with Crippen LogP contribution in [0.1, 0.15) is 46.5 Å². The first kappa shape index (κ1) is 10.9. The minimum Gasteiger partial charge on any atom is -0.460 e. The van der Waals surface area contributed by atoms with Crippen molar-refractivity contribution in [3.8, 4) is 0 Å². The number of rotatable bonds is 2. The van der Waals surface area contributed by atoms with Crippen LogP contribution in [0.4, 0.5) is 0 Å². The Labute approximate surface area is 91.4 Å². The summed E-state index contributed by atoms with van der Waals surface area (Å²) in [6.07, 6.45) is 4.45. The maximum absolute atomic E-state index is 12.0. The van der Waals surface area contributed by atoms with E-state index >= 15 is 0 Å². The van der Waals surface area contributed by atoms with Crippen molar-refractivity contribution in [1.82, 2.24) is 0 Å². The summed E-state index contributed by atoms with van der Waals surface area (Å²) in [4.78, 5) is 12.0. The van der Waals surface area contributed by atoms with Gasteiger partial charge in [0.15, 0.2) is 0 Å². The summed E-state index contributed by atoms with van der Waals surface area (Å²) in [7, 11) is 0. The van der Waals surface area contributed by atoms with Crippen molar-refractivity contribution in [2.75, 3.05) is 6.54 Å². The Morgan fingerprint density at radius 2 is 1.87 bits per heavy atom. The molecule has 0 saturated heterocycles. The van der Waals surface area contributed by atoms with Crippen LogP contribution in [-0.4, -0.2) is 18.1 Å². The van der Waals surface area contributed by atoms with Gasteiger partial charge < -0.3 is 10.5 Å². The first-order valence-electron chi connectivity index (χ1n) is 5.75. The van der Waals surface area contributed by atoms with Crippen molar-refractivity contribution in [1.29, 1.82) is 0 Å². The third-order valence-electron chi connectivity index (χ3n) is 3.61. The van der Waals surface area contributed by atoms with Crippen molar-refractivity contribution in [2.24, 2.45) is 16.6 Å². The third-order valence-corrected chi connectivity index (χ3v) is 3.61. The van der Waals surface area contributed by atoms with E-state index in [9.17, 15) is 4.79 Å². The lowest BCUT2D eigenvalue weighted by molar-refractivity contribution is -0.177. The molecule has 0 unspecified atom stereocenters. The summed E-state index contributed by atoms with van der Waals surface area (Å²) in [6, 6.07) is 0. The highest BCUT2D eigenvalue weighted by Crippen LogP contribution is 2.68. The van der Waals surface area contributed by atoms with Gasteiger partial charge in [0.25, 0.3) is 0 Å². The van der Waals surface area contributed by atoms with Crippen LogP contribution >= 0.6 is 0 Å². The molecule has 0 amide bonds. The molecule has 2 fully saturated rings. The van der Waals surface area contributed by atoms with Gasteiger partial charge in [-0.05, 0) is 51.9 Å². The summed E-state index contributed by atoms with van der Waals surface area (Å²) < 4.78 is 5.44. The van der Waals surface area contributed by atoms with E-state index in [0.29, 0.717) is 12.0 Å². The number of ether oxygens (including phenoxy) is 1. The van der Waals surface area contributed by atoms with Crippen LogP contribution in [0.2, 0.25) is 0 Å². The van der Waals surface area contributed by atoms with Gasteiger partial charge in [-0.2, -0.15) is 0 Å². The van der Waals surface area contributed by atoms with E-state index in [-0.39, 0.29) is 11.4 Å². The highest BCUT2D eigenvalue weighted by atomic mass is 16.6. The maximum atomic E-state index is 12.0. The quantitative estimate of drug-likeness (QED) is 0.709. The Bertz CT molecular complexity index is 278. The highest BCUT2D eigenvalue weighted by Gasteiger charge is 2.64. The van der Waals surface area contributed by atoms with Crippen molar-refractivity contribution < 1.29 is 9.53 Å². The molecule has 2 aliphatic rings. The molecule has 0 radical (unpaired) electrons. The number of hydrogen-bond donors (Lipinski definition) is 1. The lowest BCUT2D eigenvalue weighted by atomic mass is 9.59. The van der Waals surface area contributed by atoms with Gasteiger partial charge in [-0.15, -0.1) is 0 Å². The molecule has 0 aliphatic heterocycles. The number of carbonyl (C=O) groups is 1. The predicted molar refractivity (Wildman–Crippen MR) is 58.2 cm³/mol. The zero-order valence-corrected chi connectivity index (χ0v) is 9.93. The van der Waals surface area contributed by atoms with Crippen LogP contribution in [0.3, 0.4) is 0 Å². The maximum Gasteiger partial charge on any atom is 0.313 e. The van der Waals surface area contributed by atoms with Crippen LogP contribution in [-0.2, 0) is 9.53 Å². The molecule has 0 bridgehead atoms. The molecule has 1 spiro atoms. The standard InChI is InChI=1S/C12H21NO2/c1-10(2,3)15-9(14)12(8-13)6-11(7-12)4-5-11/h4-8,13H2,1-3H3. The van der Waals surface area contributed by atoms with Crippen LogP contribution in [0.15, 0.2) is 0 Å². The van der Waals surface area contributed by atoms with Crippen molar-refractivity contribution in [3.05, 3.63) is 0 Å². The van der Waals surface area contributed by atoms with Gasteiger partial charge in [0.2, 0.25) is 0 Å². The summed E-state index contributed by atoms with van der Waals surface area (Å²) in [5.74, 6) is -0.0879. The van der Waals surface area contributed by atoms with Gasteiger partial charge in [-0.25, -0.2) is 0 Å². The molecule has 86 valence electrons. The molecule has 3 nitrogen and oxygen atoms in total. The zero-order chi connectivity index (χ0) is 11.3. The Balaban J connectivity index is 1.99. The van der Waals surface area contributed by atoms with Crippen molar-refractivity contribution in [3.63, 3.8) is 0 Å². The summed E-state index contributed by atoms with van der Waals surface area (Å²) in [6.45, 7) is 6.14. The molecular weight excluding hydrogens is 190 g/mol. The largest absolute Gasteiger partial charge is 0.460 e. The van der Waals surface area contributed by atoms with Crippen molar-refractivity contribution >= 4 is 5.97 Å². The average Bonchev–Trinajstić information content (AvgIpc) is 2.76. The molecule has 15 heavy (non-hydrogen) atoms. The number of carbonyl (C=O) groups excluding carboxylic acids is 1. The average molecular weight is 211 g/mol. The van der Waals surface area contributed by atoms with Crippen LogP contribution < -0.4 is 5.73 Å². The van der Waals surface area contributed by atoms with Crippen LogP contribution in [0, 0.1) is 10.8 Å². The molecule has 2 aliphatic carbocycles. The van der Waals surface area contributed by atoms with E-state index in [0.717, 1.165) is 12.8 Å². The minimum absolute atomic E-state index is 0.0879. The van der Waals surface area contributed by atoms with Gasteiger partial charge in [0, 0.05) is 6.54 Å². The van der Waals surface area contributed by atoms with Crippen LogP contribution in [0.5, 0.6) is 0 Å². The Kier molecular flexibility index (Phi) is 2.16. The van der Waals surface area contributed by atoms with E-state index in [1.165, 1.54) is 12.8 Å².